The van der Waals surface area contributed by atoms with Gasteiger partial charge >= 0.3 is 0 Å². The molecule has 0 unspecified atom stereocenters. The molecule has 26 heavy (non-hydrogen) atoms. The van der Waals surface area contributed by atoms with E-state index in [1.807, 2.05) is 0 Å². The minimum absolute atomic E-state index is 0. The Kier molecular flexibility index (Phi) is 7.09. The molecule has 2 fully saturated rings. The Bertz CT molecular complexity index is 831. The molecule has 1 aromatic carbocycles. The van der Waals surface area contributed by atoms with E-state index >= 15 is 0 Å². The summed E-state index contributed by atoms with van der Waals surface area (Å²) in [7, 11) is -7.35. The van der Waals surface area contributed by atoms with Crippen molar-refractivity contribution in [2.75, 3.05) is 39.3 Å². The lowest BCUT2D eigenvalue weighted by Crippen LogP contribution is -2.46. The summed E-state index contributed by atoms with van der Waals surface area (Å²) in [5.74, 6) is 0. The Morgan fingerprint density at radius 2 is 1.42 bits per heavy atom. The first kappa shape index (κ1) is 21.6. The minimum Gasteiger partial charge on any atom is -0.314 e. The van der Waals surface area contributed by atoms with Crippen LogP contribution in [0.5, 0.6) is 0 Å². The van der Waals surface area contributed by atoms with Crippen LogP contribution in [0.2, 0.25) is 0 Å². The molecule has 0 saturated carbocycles. The second kappa shape index (κ2) is 8.53. The summed E-state index contributed by atoms with van der Waals surface area (Å²) in [6.07, 6.45) is 2.72. The van der Waals surface area contributed by atoms with E-state index in [2.05, 4.69) is 5.32 Å². The molecule has 0 radical (unpaired) electrons. The molecule has 7 nitrogen and oxygen atoms in total. The van der Waals surface area contributed by atoms with E-state index in [4.69, 9.17) is 0 Å². The second-order valence-corrected chi connectivity index (χ2v) is 10.4. The lowest BCUT2D eigenvalue weighted by Gasteiger charge is -2.28. The van der Waals surface area contributed by atoms with Gasteiger partial charge in [0.15, 0.2) is 0 Å². The number of benzene rings is 1. The number of piperazine rings is 1. The third-order valence-electron chi connectivity index (χ3n) is 4.81. The quantitative estimate of drug-likeness (QED) is 0.785. The number of nitrogens with zero attached hydrogens (tertiary/aromatic N) is 2. The fraction of sp³-hybridized carbons (Fsp3) is 0.625. The number of sulfonamides is 2. The molecular weight excluding hydrogens is 398 g/mol. The standard InChI is InChI=1S/C16H25N3O4S2.ClH/c1-14-5-6-15(24(20,21)18-9-3-2-4-10-18)13-16(14)25(22,23)19-11-7-17-8-12-19;/h5-6,13,17H,2-4,7-12H2,1H3;1H. The molecule has 148 valence electrons. The molecule has 0 bridgehead atoms. The highest BCUT2D eigenvalue weighted by molar-refractivity contribution is 7.90. The van der Waals surface area contributed by atoms with Gasteiger partial charge in [-0.15, -0.1) is 12.4 Å². The molecular formula is C16H26ClN3O4S2. The number of nitrogens with one attached hydrogen (secondary N) is 1. The smallest absolute Gasteiger partial charge is 0.243 e. The van der Waals surface area contributed by atoms with Crippen LogP contribution < -0.4 is 5.32 Å². The van der Waals surface area contributed by atoms with E-state index in [-0.39, 0.29) is 22.2 Å². The van der Waals surface area contributed by atoms with Crippen LogP contribution in [0.1, 0.15) is 24.8 Å². The van der Waals surface area contributed by atoms with E-state index in [1.54, 1.807) is 13.0 Å². The van der Waals surface area contributed by atoms with Crippen molar-refractivity contribution in [2.45, 2.75) is 36.0 Å². The predicted molar refractivity (Wildman–Crippen MR) is 103 cm³/mol. The third-order valence-corrected chi connectivity index (χ3v) is 8.74. The highest BCUT2D eigenvalue weighted by Gasteiger charge is 2.31. The van der Waals surface area contributed by atoms with Crippen molar-refractivity contribution in [1.29, 1.82) is 0 Å². The summed E-state index contributed by atoms with van der Waals surface area (Å²) in [6.45, 7) is 4.68. The molecule has 0 spiro atoms. The van der Waals surface area contributed by atoms with Crippen molar-refractivity contribution < 1.29 is 16.8 Å². The Hall–Kier alpha value is -0.710. The fourth-order valence-corrected chi connectivity index (χ4v) is 6.61. The van der Waals surface area contributed by atoms with E-state index in [9.17, 15) is 16.8 Å². The summed E-state index contributed by atoms with van der Waals surface area (Å²) in [4.78, 5) is 0.154. The highest BCUT2D eigenvalue weighted by Crippen LogP contribution is 2.27. The summed E-state index contributed by atoms with van der Waals surface area (Å²) >= 11 is 0. The fourth-order valence-electron chi connectivity index (χ4n) is 3.30. The number of hydrogen-bond donors (Lipinski definition) is 1. The minimum atomic E-state index is -3.70. The van der Waals surface area contributed by atoms with Gasteiger partial charge in [0.05, 0.1) is 9.79 Å². The van der Waals surface area contributed by atoms with Gasteiger partial charge in [-0.2, -0.15) is 8.61 Å². The van der Waals surface area contributed by atoms with Crippen LogP contribution in [0.4, 0.5) is 0 Å². The number of halogens is 1. The summed E-state index contributed by atoms with van der Waals surface area (Å²) in [6, 6.07) is 4.43. The highest BCUT2D eigenvalue weighted by atomic mass is 35.5. The lowest BCUT2D eigenvalue weighted by atomic mass is 10.2. The number of rotatable bonds is 4. The Labute approximate surface area is 162 Å². The molecule has 2 aliphatic rings. The van der Waals surface area contributed by atoms with Crippen molar-refractivity contribution in [2.24, 2.45) is 0 Å². The summed E-state index contributed by atoms with van der Waals surface area (Å²) in [5, 5.41) is 3.12. The number of piperidine rings is 1. The zero-order chi connectivity index (χ0) is 18.1. The first-order valence-corrected chi connectivity index (χ1v) is 11.5. The first-order chi connectivity index (χ1) is 11.8. The van der Waals surface area contributed by atoms with Gasteiger partial charge in [0.2, 0.25) is 20.0 Å². The summed E-state index contributed by atoms with van der Waals surface area (Å²) < 4.78 is 54.5. The van der Waals surface area contributed by atoms with Gasteiger partial charge in [0.25, 0.3) is 0 Å². The normalized spacial score (nSPS) is 20.5. The SMILES string of the molecule is Cc1ccc(S(=O)(=O)N2CCCCC2)cc1S(=O)(=O)N1CCNCC1.Cl. The molecule has 2 saturated heterocycles. The molecule has 10 heteroatoms. The average molecular weight is 424 g/mol. The Morgan fingerprint density at radius 1 is 0.846 bits per heavy atom. The maximum Gasteiger partial charge on any atom is 0.243 e. The van der Waals surface area contributed by atoms with Crippen LogP contribution in [0, 0.1) is 6.92 Å². The molecule has 0 aliphatic carbocycles. The first-order valence-electron chi connectivity index (χ1n) is 8.65. The van der Waals surface area contributed by atoms with Crippen molar-refractivity contribution in [1.82, 2.24) is 13.9 Å². The Balaban J connectivity index is 0.00000243. The monoisotopic (exact) mass is 423 g/mol. The molecule has 1 N–H and O–H groups in total. The van der Waals surface area contributed by atoms with Crippen LogP contribution in [0.3, 0.4) is 0 Å². The maximum atomic E-state index is 13.0. The molecule has 3 rings (SSSR count). The maximum absolute atomic E-state index is 13.0. The van der Waals surface area contributed by atoms with Crippen molar-refractivity contribution >= 4 is 32.5 Å². The molecule has 2 aliphatic heterocycles. The molecule has 0 aromatic heterocycles. The molecule has 1 aromatic rings. The van der Waals surface area contributed by atoms with Crippen LogP contribution in [-0.4, -0.2) is 64.7 Å². The van der Waals surface area contributed by atoms with Crippen LogP contribution in [-0.2, 0) is 20.0 Å². The molecule has 2 heterocycles. The predicted octanol–water partition coefficient (Wildman–Crippen LogP) is 1.19. The van der Waals surface area contributed by atoms with Gasteiger partial charge in [-0.1, -0.05) is 12.5 Å². The van der Waals surface area contributed by atoms with E-state index in [1.165, 1.54) is 20.7 Å². The van der Waals surface area contributed by atoms with Crippen molar-refractivity contribution in [3.63, 3.8) is 0 Å². The molecule has 0 amide bonds. The topological polar surface area (TPSA) is 86.8 Å². The third kappa shape index (κ3) is 4.23. The molecule has 0 atom stereocenters. The van der Waals surface area contributed by atoms with Crippen molar-refractivity contribution in [3.05, 3.63) is 23.8 Å². The summed E-state index contributed by atoms with van der Waals surface area (Å²) in [5.41, 5.74) is 0.566. The van der Waals surface area contributed by atoms with Gasteiger partial charge in [-0.3, -0.25) is 0 Å². The zero-order valence-electron chi connectivity index (χ0n) is 14.8. The van der Waals surface area contributed by atoms with Crippen LogP contribution in [0.15, 0.2) is 28.0 Å². The van der Waals surface area contributed by atoms with Crippen molar-refractivity contribution in [3.8, 4) is 0 Å². The van der Waals surface area contributed by atoms with Gasteiger partial charge < -0.3 is 5.32 Å². The zero-order valence-corrected chi connectivity index (χ0v) is 17.3. The largest absolute Gasteiger partial charge is 0.314 e. The van der Waals surface area contributed by atoms with Gasteiger partial charge in [-0.25, -0.2) is 16.8 Å². The number of aryl methyl sites for hydroxylation is 1. The van der Waals surface area contributed by atoms with E-state index in [0.29, 0.717) is 44.8 Å². The van der Waals surface area contributed by atoms with Gasteiger partial charge in [0.1, 0.15) is 0 Å². The number of hydrogen-bond acceptors (Lipinski definition) is 5. The van der Waals surface area contributed by atoms with E-state index < -0.39 is 20.0 Å². The van der Waals surface area contributed by atoms with Crippen LogP contribution in [0.25, 0.3) is 0 Å². The van der Waals surface area contributed by atoms with Crippen LogP contribution >= 0.6 is 12.4 Å². The Morgan fingerprint density at radius 3 is 2.04 bits per heavy atom. The van der Waals surface area contributed by atoms with E-state index in [0.717, 1.165) is 19.3 Å². The lowest BCUT2D eigenvalue weighted by molar-refractivity contribution is 0.346. The van der Waals surface area contributed by atoms with Gasteiger partial charge in [-0.05, 0) is 37.5 Å². The second-order valence-electron chi connectivity index (χ2n) is 6.55. The van der Waals surface area contributed by atoms with Gasteiger partial charge in [0, 0.05) is 39.3 Å². The average Bonchev–Trinajstić information content (AvgIpc) is 2.63.